The molecule has 5 nitrogen and oxygen atoms in total. The van der Waals surface area contributed by atoms with E-state index in [1.807, 2.05) is 35.0 Å². The molecule has 2 aromatic heterocycles. The standard InChI is InChI=1S/C22H16F3N3O2/c1-30-19-9-8-14(18-13-28-10-3-2-7-20(28)26-18)12-17(19)27-21(29)15-5-4-6-16(11-15)22(23,24)25/h2-13H,1H3,(H,27,29). The fourth-order valence-corrected chi connectivity index (χ4v) is 3.07. The Bertz CT molecular complexity index is 1200. The number of pyridine rings is 1. The zero-order valence-corrected chi connectivity index (χ0v) is 15.8. The topological polar surface area (TPSA) is 55.6 Å². The van der Waals surface area contributed by atoms with E-state index in [0.717, 1.165) is 23.3 Å². The summed E-state index contributed by atoms with van der Waals surface area (Å²) < 4.78 is 46.0. The Balaban J connectivity index is 1.66. The number of aromatic nitrogens is 2. The van der Waals surface area contributed by atoms with Crippen molar-refractivity contribution in [2.75, 3.05) is 12.4 Å². The second-order valence-electron chi connectivity index (χ2n) is 6.54. The third kappa shape index (κ3) is 3.84. The van der Waals surface area contributed by atoms with Crippen LogP contribution in [0.2, 0.25) is 0 Å². The Morgan fingerprint density at radius 2 is 1.90 bits per heavy atom. The molecule has 8 heteroatoms. The van der Waals surface area contributed by atoms with Crippen LogP contribution >= 0.6 is 0 Å². The molecule has 0 saturated carbocycles. The number of nitrogens with one attached hydrogen (secondary N) is 1. The molecule has 0 bridgehead atoms. The third-order valence-corrected chi connectivity index (χ3v) is 4.56. The summed E-state index contributed by atoms with van der Waals surface area (Å²) in [5.74, 6) is -0.297. The van der Waals surface area contributed by atoms with Gasteiger partial charge in [-0.05, 0) is 48.5 Å². The molecule has 30 heavy (non-hydrogen) atoms. The average Bonchev–Trinajstić information content (AvgIpc) is 3.17. The van der Waals surface area contributed by atoms with Gasteiger partial charge in [0.1, 0.15) is 11.4 Å². The fraction of sp³-hybridized carbons (Fsp3) is 0.0909. The monoisotopic (exact) mass is 411 g/mol. The number of imidazole rings is 1. The predicted molar refractivity (Wildman–Crippen MR) is 107 cm³/mol. The molecule has 0 radical (unpaired) electrons. The molecule has 1 N–H and O–H groups in total. The average molecular weight is 411 g/mol. The van der Waals surface area contributed by atoms with Crippen molar-refractivity contribution < 1.29 is 22.7 Å². The minimum Gasteiger partial charge on any atom is -0.495 e. The largest absolute Gasteiger partial charge is 0.495 e. The van der Waals surface area contributed by atoms with Crippen LogP contribution in [0.4, 0.5) is 18.9 Å². The fourth-order valence-electron chi connectivity index (χ4n) is 3.07. The Hall–Kier alpha value is -3.81. The normalized spacial score (nSPS) is 11.5. The highest BCUT2D eigenvalue weighted by Gasteiger charge is 2.31. The lowest BCUT2D eigenvalue weighted by atomic mass is 10.1. The number of anilines is 1. The maximum absolute atomic E-state index is 12.9. The first-order valence-corrected chi connectivity index (χ1v) is 8.96. The van der Waals surface area contributed by atoms with Gasteiger partial charge >= 0.3 is 6.18 Å². The van der Waals surface area contributed by atoms with Gasteiger partial charge < -0.3 is 14.5 Å². The van der Waals surface area contributed by atoms with Gasteiger partial charge in [-0.2, -0.15) is 13.2 Å². The lowest BCUT2D eigenvalue weighted by Gasteiger charge is -2.13. The summed E-state index contributed by atoms with van der Waals surface area (Å²) in [6.07, 6.45) is -0.821. The van der Waals surface area contributed by atoms with E-state index in [4.69, 9.17) is 4.74 Å². The maximum Gasteiger partial charge on any atom is 0.416 e. The number of halogens is 3. The Morgan fingerprint density at radius 3 is 2.63 bits per heavy atom. The van der Waals surface area contributed by atoms with Crippen LogP contribution in [0, 0.1) is 0 Å². The van der Waals surface area contributed by atoms with Crippen LogP contribution in [-0.2, 0) is 6.18 Å². The van der Waals surface area contributed by atoms with Crippen molar-refractivity contribution in [3.8, 4) is 17.0 Å². The molecule has 0 aliphatic heterocycles. The van der Waals surface area contributed by atoms with Crippen LogP contribution in [0.3, 0.4) is 0 Å². The molecule has 0 aliphatic rings. The smallest absolute Gasteiger partial charge is 0.416 e. The minimum absolute atomic E-state index is 0.106. The molecule has 4 aromatic rings. The molecule has 0 atom stereocenters. The van der Waals surface area contributed by atoms with Gasteiger partial charge in [0.15, 0.2) is 0 Å². The highest BCUT2D eigenvalue weighted by Crippen LogP contribution is 2.32. The molecule has 2 heterocycles. The number of hydrogen-bond acceptors (Lipinski definition) is 3. The van der Waals surface area contributed by atoms with Crippen molar-refractivity contribution in [1.82, 2.24) is 9.38 Å². The highest BCUT2D eigenvalue weighted by atomic mass is 19.4. The number of carbonyl (C=O) groups is 1. The number of amides is 1. The van der Waals surface area contributed by atoms with Gasteiger partial charge in [-0.25, -0.2) is 4.98 Å². The highest BCUT2D eigenvalue weighted by molar-refractivity contribution is 6.05. The second kappa shape index (κ2) is 7.55. The van der Waals surface area contributed by atoms with Crippen LogP contribution in [-0.4, -0.2) is 22.4 Å². The number of rotatable bonds is 4. The first kappa shape index (κ1) is 19.5. The molecule has 0 unspecified atom stereocenters. The van der Waals surface area contributed by atoms with Crippen molar-refractivity contribution in [3.05, 3.63) is 84.2 Å². The van der Waals surface area contributed by atoms with Crippen LogP contribution in [0.5, 0.6) is 5.75 Å². The van der Waals surface area contributed by atoms with Gasteiger partial charge in [0.05, 0.1) is 24.1 Å². The van der Waals surface area contributed by atoms with E-state index >= 15 is 0 Å². The number of carbonyl (C=O) groups excluding carboxylic acids is 1. The summed E-state index contributed by atoms with van der Waals surface area (Å²) in [6.45, 7) is 0. The van der Waals surface area contributed by atoms with Crippen molar-refractivity contribution in [2.45, 2.75) is 6.18 Å². The Labute approximate surface area is 169 Å². The molecule has 1 amide bonds. The summed E-state index contributed by atoms with van der Waals surface area (Å²) >= 11 is 0. The summed E-state index contributed by atoms with van der Waals surface area (Å²) in [5, 5.41) is 2.63. The van der Waals surface area contributed by atoms with E-state index in [9.17, 15) is 18.0 Å². The number of hydrogen-bond donors (Lipinski definition) is 1. The van der Waals surface area contributed by atoms with Gasteiger partial charge in [0, 0.05) is 23.5 Å². The summed E-state index contributed by atoms with van der Waals surface area (Å²) in [4.78, 5) is 17.1. The zero-order valence-electron chi connectivity index (χ0n) is 15.8. The van der Waals surface area contributed by atoms with Crippen molar-refractivity contribution in [3.63, 3.8) is 0 Å². The number of fused-ring (bicyclic) bond motifs is 1. The molecule has 0 fully saturated rings. The van der Waals surface area contributed by atoms with Crippen LogP contribution in [0.1, 0.15) is 15.9 Å². The van der Waals surface area contributed by atoms with Crippen molar-refractivity contribution in [2.24, 2.45) is 0 Å². The lowest BCUT2D eigenvalue weighted by Crippen LogP contribution is -2.14. The maximum atomic E-state index is 12.9. The van der Waals surface area contributed by atoms with E-state index in [1.54, 1.807) is 18.2 Å². The van der Waals surface area contributed by atoms with E-state index in [2.05, 4.69) is 10.3 Å². The molecule has 4 rings (SSSR count). The molecule has 152 valence electrons. The minimum atomic E-state index is -4.53. The predicted octanol–water partition coefficient (Wildman–Crippen LogP) is 5.28. The van der Waals surface area contributed by atoms with Gasteiger partial charge in [0.2, 0.25) is 0 Å². The van der Waals surface area contributed by atoms with E-state index < -0.39 is 17.6 Å². The van der Waals surface area contributed by atoms with E-state index in [1.165, 1.54) is 19.2 Å². The van der Waals surface area contributed by atoms with E-state index in [0.29, 0.717) is 17.1 Å². The SMILES string of the molecule is COc1ccc(-c2cn3ccccc3n2)cc1NC(=O)c1cccc(C(F)(F)F)c1. The van der Waals surface area contributed by atoms with Crippen LogP contribution in [0.15, 0.2) is 73.1 Å². The van der Waals surface area contributed by atoms with Crippen LogP contribution in [0.25, 0.3) is 16.9 Å². The number of nitrogens with zero attached hydrogens (tertiary/aromatic N) is 2. The Kier molecular flexibility index (Phi) is 4.91. The Morgan fingerprint density at radius 1 is 1.07 bits per heavy atom. The number of benzene rings is 2. The molecule has 0 spiro atoms. The van der Waals surface area contributed by atoms with Gasteiger partial charge in [-0.3, -0.25) is 4.79 Å². The van der Waals surface area contributed by atoms with Crippen LogP contribution < -0.4 is 10.1 Å². The van der Waals surface area contributed by atoms with Gasteiger partial charge in [-0.15, -0.1) is 0 Å². The van der Waals surface area contributed by atoms with Crippen molar-refractivity contribution >= 4 is 17.2 Å². The molecule has 0 saturated heterocycles. The quantitative estimate of drug-likeness (QED) is 0.497. The zero-order chi connectivity index (χ0) is 21.3. The van der Waals surface area contributed by atoms with Gasteiger partial charge in [-0.1, -0.05) is 12.1 Å². The summed E-state index contributed by atoms with van der Waals surface area (Å²) in [5.41, 5.74) is 1.50. The third-order valence-electron chi connectivity index (χ3n) is 4.56. The molecule has 2 aromatic carbocycles. The second-order valence-corrected chi connectivity index (χ2v) is 6.54. The molecule has 0 aliphatic carbocycles. The number of ether oxygens (including phenoxy) is 1. The lowest BCUT2D eigenvalue weighted by molar-refractivity contribution is -0.137. The number of alkyl halides is 3. The summed E-state index contributed by atoms with van der Waals surface area (Å²) in [7, 11) is 1.44. The van der Waals surface area contributed by atoms with Crippen molar-refractivity contribution in [1.29, 1.82) is 0 Å². The molecular formula is C22H16F3N3O2. The summed E-state index contributed by atoms with van der Waals surface area (Å²) in [6, 6.07) is 15.0. The first-order chi connectivity index (χ1) is 14.3. The number of methoxy groups -OCH3 is 1. The van der Waals surface area contributed by atoms with Gasteiger partial charge in [0.25, 0.3) is 5.91 Å². The molecular weight excluding hydrogens is 395 g/mol. The van der Waals surface area contributed by atoms with E-state index in [-0.39, 0.29) is 5.56 Å². The first-order valence-electron chi connectivity index (χ1n) is 8.96.